The second-order valence-electron chi connectivity index (χ2n) is 3.00. The lowest BCUT2D eigenvalue weighted by Crippen LogP contribution is -2.54. The molecular formula is C7H13F3N2. The van der Waals surface area contributed by atoms with Crippen molar-refractivity contribution < 1.29 is 13.2 Å². The van der Waals surface area contributed by atoms with Gasteiger partial charge in [0.1, 0.15) is 0 Å². The molecule has 0 radical (unpaired) electrons. The first-order valence-electron chi connectivity index (χ1n) is 4.01. The van der Waals surface area contributed by atoms with Gasteiger partial charge in [-0.3, -0.25) is 4.90 Å². The fraction of sp³-hybridized carbons (Fsp3) is 1.00. The summed E-state index contributed by atoms with van der Waals surface area (Å²) in [6, 6.07) is -0.150. The first-order chi connectivity index (χ1) is 5.63. The second-order valence-corrected chi connectivity index (χ2v) is 3.00. The van der Waals surface area contributed by atoms with Crippen LogP contribution in [0.1, 0.15) is 6.92 Å². The van der Waals surface area contributed by atoms with Gasteiger partial charge in [0.05, 0.1) is 0 Å². The monoisotopic (exact) mass is 182 g/mol. The molecule has 1 aliphatic rings. The van der Waals surface area contributed by atoms with Crippen molar-refractivity contribution in [2.75, 3.05) is 19.6 Å². The van der Waals surface area contributed by atoms with Gasteiger partial charge in [0.2, 0.25) is 6.30 Å². The smallest absolute Gasteiger partial charge is 0.282 e. The van der Waals surface area contributed by atoms with Crippen LogP contribution in [0.15, 0.2) is 0 Å². The molecule has 5 heteroatoms. The van der Waals surface area contributed by atoms with E-state index in [0.29, 0.717) is 19.6 Å². The van der Waals surface area contributed by atoms with Gasteiger partial charge in [-0.1, -0.05) is 0 Å². The van der Waals surface area contributed by atoms with Crippen LogP contribution in [-0.2, 0) is 0 Å². The van der Waals surface area contributed by atoms with E-state index < -0.39 is 12.7 Å². The van der Waals surface area contributed by atoms with E-state index in [9.17, 15) is 13.2 Å². The first kappa shape index (κ1) is 9.80. The molecule has 0 aromatic heterocycles. The normalized spacial score (nSPS) is 29.2. The number of hydrogen-bond acceptors (Lipinski definition) is 2. The molecule has 0 aromatic carbocycles. The summed E-state index contributed by atoms with van der Waals surface area (Å²) in [5.74, 6) is 0. The molecule has 1 rings (SSSR count). The van der Waals surface area contributed by atoms with E-state index in [4.69, 9.17) is 0 Å². The van der Waals surface area contributed by atoms with Crippen LogP contribution in [0.5, 0.6) is 0 Å². The van der Waals surface area contributed by atoms with Crippen molar-refractivity contribution in [2.24, 2.45) is 0 Å². The number of hydrogen-bond donors (Lipinski definition) is 1. The van der Waals surface area contributed by atoms with Crippen molar-refractivity contribution in [2.45, 2.75) is 25.7 Å². The van der Waals surface area contributed by atoms with E-state index in [1.807, 2.05) is 0 Å². The Morgan fingerprint density at radius 1 is 1.42 bits per heavy atom. The molecule has 0 bridgehead atoms. The van der Waals surface area contributed by atoms with Crippen LogP contribution in [0, 0.1) is 0 Å². The van der Waals surface area contributed by atoms with Crippen molar-refractivity contribution in [1.29, 1.82) is 0 Å². The van der Waals surface area contributed by atoms with E-state index >= 15 is 0 Å². The molecule has 72 valence electrons. The number of nitrogens with zero attached hydrogens (tertiary/aromatic N) is 1. The van der Waals surface area contributed by atoms with Crippen molar-refractivity contribution in [3.8, 4) is 0 Å². The molecule has 1 heterocycles. The van der Waals surface area contributed by atoms with E-state index in [1.54, 1.807) is 6.92 Å². The number of alkyl halides is 3. The summed E-state index contributed by atoms with van der Waals surface area (Å²) in [7, 11) is 0. The van der Waals surface area contributed by atoms with Gasteiger partial charge in [-0.2, -0.15) is 0 Å². The molecule has 1 saturated heterocycles. The van der Waals surface area contributed by atoms with Gasteiger partial charge in [-0.05, 0) is 6.92 Å². The lowest BCUT2D eigenvalue weighted by molar-refractivity contribution is -0.0706. The Kier molecular flexibility index (Phi) is 3.34. The maximum absolute atomic E-state index is 12.8. The van der Waals surface area contributed by atoms with Gasteiger partial charge in [-0.15, -0.1) is 0 Å². The maximum Gasteiger partial charge on any atom is 0.282 e. The molecule has 1 N–H and O–H groups in total. The molecular weight excluding hydrogens is 169 g/mol. The Hall–Kier alpha value is -0.290. The molecule has 0 amide bonds. The summed E-state index contributed by atoms with van der Waals surface area (Å²) in [5, 5.41) is 3.01. The highest BCUT2D eigenvalue weighted by atomic mass is 19.3. The molecule has 0 saturated carbocycles. The number of piperazine rings is 1. The van der Waals surface area contributed by atoms with Crippen molar-refractivity contribution in [3.63, 3.8) is 0 Å². The minimum Gasteiger partial charge on any atom is -0.314 e. The first-order valence-corrected chi connectivity index (χ1v) is 4.01. The Morgan fingerprint density at radius 3 is 2.58 bits per heavy atom. The molecule has 1 fully saturated rings. The van der Waals surface area contributed by atoms with Gasteiger partial charge >= 0.3 is 0 Å². The van der Waals surface area contributed by atoms with Crippen LogP contribution in [0.2, 0.25) is 0 Å². The molecule has 2 unspecified atom stereocenters. The van der Waals surface area contributed by atoms with Crippen LogP contribution in [0.4, 0.5) is 13.2 Å². The SMILES string of the molecule is CC1CNCCN1C(F)C(F)F. The van der Waals surface area contributed by atoms with E-state index in [1.165, 1.54) is 4.90 Å². The van der Waals surface area contributed by atoms with Gasteiger partial charge in [-0.25, -0.2) is 13.2 Å². The quantitative estimate of drug-likeness (QED) is 0.637. The van der Waals surface area contributed by atoms with Gasteiger partial charge in [0.25, 0.3) is 6.43 Å². The molecule has 2 nitrogen and oxygen atoms in total. The zero-order valence-corrected chi connectivity index (χ0v) is 6.93. The van der Waals surface area contributed by atoms with Crippen molar-refractivity contribution in [3.05, 3.63) is 0 Å². The van der Waals surface area contributed by atoms with Crippen LogP contribution in [0.25, 0.3) is 0 Å². The minimum absolute atomic E-state index is 0.150. The number of rotatable bonds is 2. The zero-order valence-electron chi connectivity index (χ0n) is 6.93. The molecule has 0 spiro atoms. The average molecular weight is 182 g/mol. The Labute approximate surface area is 69.7 Å². The summed E-state index contributed by atoms with van der Waals surface area (Å²) in [6.07, 6.45) is -5.01. The van der Waals surface area contributed by atoms with Crippen LogP contribution in [-0.4, -0.2) is 43.3 Å². The Balaban J connectivity index is 2.47. The predicted molar refractivity (Wildman–Crippen MR) is 39.9 cm³/mol. The van der Waals surface area contributed by atoms with Crippen LogP contribution >= 0.6 is 0 Å². The highest BCUT2D eigenvalue weighted by Crippen LogP contribution is 2.15. The molecule has 0 aromatic rings. The lowest BCUT2D eigenvalue weighted by Gasteiger charge is -2.35. The minimum atomic E-state index is -2.90. The largest absolute Gasteiger partial charge is 0.314 e. The fourth-order valence-corrected chi connectivity index (χ4v) is 1.37. The molecule has 2 atom stereocenters. The molecule has 0 aliphatic carbocycles. The van der Waals surface area contributed by atoms with E-state index in [-0.39, 0.29) is 6.04 Å². The third-order valence-electron chi connectivity index (χ3n) is 2.08. The summed E-state index contributed by atoms with van der Waals surface area (Å²) >= 11 is 0. The maximum atomic E-state index is 12.8. The van der Waals surface area contributed by atoms with Crippen LogP contribution < -0.4 is 5.32 Å². The van der Waals surface area contributed by atoms with Gasteiger partial charge < -0.3 is 5.32 Å². The Morgan fingerprint density at radius 2 is 2.08 bits per heavy atom. The number of nitrogens with one attached hydrogen (secondary N) is 1. The highest BCUT2D eigenvalue weighted by Gasteiger charge is 2.31. The third kappa shape index (κ3) is 2.10. The number of halogens is 3. The van der Waals surface area contributed by atoms with E-state index in [0.717, 1.165) is 0 Å². The highest BCUT2D eigenvalue weighted by molar-refractivity contribution is 4.78. The molecule has 12 heavy (non-hydrogen) atoms. The van der Waals surface area contributed by atoms with Crippen molar-refractivity contribution >= 4 is 0 Å². The summed E-state index contributed by atoms with van der Waals surface area (Å²) in [6.45, 7) is 3.25. The van der Waals surface area contributed by atoms with Crippen molar-refractivity contribution in [1.82, 2.24) is 10.2 Å². The Bertz CT molecular complexity index is 143. The molecule has 1 aliphatic heterocycles. The lowest BCUT2D eigenvalue weighted by atomic mass is 10.2. The average Bonchev–Trinajstić information content (AvgIpc) is 2.04. The van der Waals surface area contributed by atoms with Crippen LogP contribution in [0.3, 0.4) is 0 Å². The van der Waals surface area contributed by atoms with E-state index in [2.05, 4.69) is 5.32 Å². The second kappa shape index (κ2) is 4.09. The topological polar surface area (TPSA) is 15.3 Å². The third-order valence-corrected chi connectivity index (χ3v) is 2.08. The predicted octanol–water partition coefficient (Wildman–Crippen LogP) is 0.841. The van der Waals surface area contributed by atoms with Gasteiger partial charge in [0.15, 0.2) is 0 Å². The summed E-state index contributed by atoms with van der Waals surface area (Å²) < 4.78 is 36.7. The van der Waals surface area contributed by atoms with Gasteiger partial charge in [0, 0.05) is 25.7 Å². The summed E-state index contributed by atoms with van der Waals surface area (Å²) in [5.41, 5.74) is 0. The zero-order chi connectivity index (χ0) is 9.14. The standard InChI is InChI=1S/C7H13F3N2/c1-5-4-11-2-3-12(5)7(10)6(8)9/h5-7,11H,2-4H2,1H3. The summed E-state index contributed by atoms with van der Waals surface area (Å²) in [4.78, 5) is 1.20. The fourth-order valence-electron chi connectivity index (χ4n) is 1.37.